The number of carbonyl (C=O) groups excluding carboxylic acids is 1. The van der Waals surface area contributed by atoms with E-state index in [1.165, 1.54) is 0 Å². The molecule has 0 aromatic heterocycles. The molecule has 0 unspecified atom stereocenters. The predicted molar refractivity (Wildman–Crippen MR) is 99.9 cm³/mol. The summed E-state index contributed by atoms with van der Waals surface area (Å²) in [5.74, 6) is 0.703. The van der Waals surface area contributed by atoms with Gasteiger partial charge in [0.1, 0.15) is 5.75 Å². The zero-order valence-electron chi connectivity index (χ0n) is 14.4. The lowest BCUT2D eigenvalue weighted by Gasteiger charge is -2.20. The molecule has 3 aromatic rings. The Balaban J connectivity index is 1.92. The second-order valence-electron chi connectivity index (χ2n) is 5.96. The lowest BCUT2D eigenvalue weighted by atomic mass is 9.98. The van der Waals surface area contributed by atoms with Crippen molar-refractivity contribution in [2.45, 2.75) is 13.0 Å². The molecule has 0 aliphatic rings. The summed E-state index contributed by atoms with van der Waals surface area (Å²) in [5.41, 5.74) is 3.77. The summed E-state index contributed by atoms with van der Waals surface area (Å²) in [6.45, 7) is 1.98. The second-order valence-corrected chi connectivity index (χ2v) is 5.96. The van der Waals surface area contributed by atoms with Crippen LogP contribution in [0, 0.1) is 6.92 Å². The first-order valence-electron chi connectivity index (χ1n) is 8.24. The van der Waals surface area contributed by atoms with E-state index in [9.17, 15) is 4.79 Å². The Morgan fingerprint density at radius 1 is 0.880 bits per heavy atom. The molecule has 0 heterocycles. The number of aryl methyl sites for hydroxylation is 1. The summed E-state index contributed by atoms with van der Waals surface area (Å²) in [7, 11) is 1.64. The van der Waals surface area contributed by atoms with Gasteiger partial charge in [0.25, 0.3) is 5.91 Å². The highest BCUT2D eigenvalue weighted by atomic mass is 16.5. The molecule has 1 amide bonds. The summed E-state index contributed by atoms with van der Waals surface area (Å²) in [5, 5.41) is 3.15. The molecule has 0 bridgehead atoms. The highest BCUT2D eigenvalue weighted by Gasteiger charge is 2.18. The van der Waals surface area contributed by atoms with Gasteiger partial charge in [0.05, 0.1) is 13.2 Å². The van der Waals surface area contributed by atoms with Crippen molar-refractivity contribution in [2.24, 2.45) is 0 Å². The third kappa shape index (κ3) is 4.07. The molecule has 3 rings (SSSR count). The van der Waals surface area contributed by atoms with Crippen LogP contribution in [0.5, 0.6) is 5.75 Å². The fourth-order valence-electron chi connectivity index (χ4n) is 2.80. The molecule has 25 heavy (non-hydrogen) atoms. The van der Waals surface area contributed by atoms with E-state index in [2.05, 4.69) is 5.32 Å². The maximum atomic E-state index is 12.7. The number of rotatable bonds is 5. The van der Waals surface area contributed by atoms with Gasteiger partial charge in [-0.2, -0.15) is 0 Å². The number of carbonyl (C=O) groups is 1. The lowest BCUT2D eigenvalue weighted by Crippen LogP contribution is -2.29. The topological polar surface area (TPSA) is 38.3 Å². The van der Waals surface area contributed by atoms with Crippen molar-refractivity contribution in [1.82, 2.24) is 5.32 Å². The van der Waals surface area contributed by atoms with Crippen LogP contribution in [0.2, 0.25) is 0 Å². The van der Waals surface area contributed by atoms with E-state index >= 15 is 0 Å². The van der Waals surface area contributed by atoms with Crippen LogP contribution in [0.1, 0.15) is 33.1 Å². The van der Waals surface area contributed by atoms with Crippen molar-refractivity contribution >= 4 is 5.91 Å². The van der Waals surface area contributed by atoms with E-state index in [-0.39, 0.29) is 11.9 Å². The van der Waals surface area contributed by atoms with E-state index < -0.39 is 0 Å². The molecule has 0 fully saturated rings. The Hall–Kier alpha value is -3.07. The Morgan fingerprint density at radius 2 is 1.56 bits per heavy atom. The van der Waals surface area contributed by atoms with Crippen LogP contribution >= 0.6 is 0 Å². The fraction of sp³-hybridized carbons (Fsp3) is 0.136. The Labute approximate surface area is 148 Å². The smallest absolute Gasteiger partial charge is 0.252 e. The Kier molecular flexibility index (Phi) is 5.14. The highest BCUT2D eigenvalue weighted by molar-refractivity contribution is 5.94. The normalized spacial score (nSPS) is 11.6. The zero-order valence-corrected chi connectivity index (χ0v) is 14.4. The van der Waals surface area contributed by atoms with Gasteiger partial charge in [-0.1, -0.05) is 60.2 Å². The Bertz CT molecular complexity index is 841. The third-order valence-corrected chi connectivity index (χ3v) is 4.14. The number of nitrogens with one attached hydrogen (secondary N) is 1. The van der Waals surface area contributed by atoms with E-state index in [0.29, 0.717) is 5.56 Å². The standard InChI is InChI=1S/C22H21NO2/c1-16-7-6-10-19(15-16)22(24)23-21(17-8-4-3-5-9-17)18-11-13-20(25-2)14-12-18/h3-15,21H,1-2H3,(H,23,24)/t21-/m1/s1. The average Bonchev–Trinajstić information content (AvgIpc) is 2.67. The van der Waals surface area contributed by atoms with Crippen LogP contribution in [-0.4, -0.2) is 13.0 Å². The third-order valence-electron chi connectivity index (χ3n) is 4.14. The summed E-state index contributed by atoms with van der Waals surface area (Å²) < 4.78 is 5.23. The summed E-state index contributed by atoms with van der Waals surface area (Å²) in [4.78, 5) is 12.7. The van der Waals surface area contributed by atoms with Gasteiger partial charge in [0, 0.05) is 5.56 Å². The highest BCUT2D eigenvalue weighted by Crippen LogP contribution is 2.24. The van der Waals surface area contributed by atoms with Crippen LogP contribution in [0.4, 0.5) is 0 Å². The minimum atomic E-state index is -0.222. The van der Waals surface area contributed by atoms with E-state index in [1.54, 1.807) is 7.11 Å². The van der Waals surface area contributed by atoms with Crippen molar-refractivity contribution in [3.63, 3.8) is 0 Å². The molecule has 0 radical (unpaired) electrons. The first-order valence-corrected chi connectivity index (χ1v) is 8.24. The average molecular weight is 331 g/mol. The maximum absolute atomic E-state index is 12.7. The lowest BCUT2D eigenvalue weighted by molar-refractivity contribution is 0.0943. The van der Waals surface area contributed by atoms with Crippen molar-refractivity contribution in [3.05, 3.63) is 101 Å². The SMILES string of the molecule is COc1ccc([C@H](NC(=O)c2cccc(C)c2)c2ccccc2)cc1. The number of methoxy groups -OCH3 is 1. The number of hydrogen-bond donors (Lipinski definition) is 1. The molecule has 3 heteroatoms. The van der Waals surface area contributed by atoms with Gasteiger partial charge in [0.15, 0.2) is 0 Å². The summed E-state index contributed by atoms with van der Waals surface area (Å²) in [6, 6.07) is 25.1. The minimum absolute atomic E-state index is 0.0895. The minimum Gasteiger partial charge on any atom is -0.497 e. The molecule has 0 aliphatic carbocycles. The maximum Gasteiger partial charge on any atom is 0.252 e. The van der Waals surface area contributed by atoms with E-state index in [0.717, 1.165) is 22.4 Å². The van der Waals surface area contributed by atoms with Crippen LogP contribution in [0.15, 0.2) is 78.9 Å². The van der Waals surface area contributed by atoms with Crippen LogP contribution < -0.4 is 10.1 Å². The van der Waals surface area contributed by atoms with Crippen molar-refractivity contribution in [1.29, 1.82) is 0 Å². The number of ether oxygens (including phenoxy) is 1. The Morgan fingerprint density at radius 3 is 2.20 bits per heavy atom. The predicted octanol–water partition coefficient (Wildman–Crippen LogP) is 4.52. The molecule has 1 atom stereocenters. The molecule has 0 spiro atoms. The summed E-state index contributed by atoms with van der Waals surface area (Å²) in [6.07, 6.45) is 0. The first kappa shape index (κ1) is 16.8. The van der Waals surface area contributed by atoms with Crippen LogP contribution in [-0.2, 0) is 0 Å². The van der Waals surface area contributed by atoms with Crippen molar-refractivity contribution in [2.75, 3.05) is 7.11 Å². The second kappa shape index (κ2) is 7.67. The van der Waals surface area contributed by atoms with Crippen LogP contribution in [0.3, 0.4) is 0 Å². The first-order chi connectivity index (χ1) is 12.2. The molecular weight excluding hydrogens is 310 g/mol. The largest absolute Gasteiger partial charge is 0.497 e. The molecule has 3 aromatic carbocycles. The zero-order chi connectivity index (χ0) is 17.6. The van der Waals surface area contributed by atoms with E-state index in [4.69, 9.17) is 4.74 Å². The number of benzene rings is 3. The molecule has 0 saturated carbocycles. The van der Waals surface area contributed by atoms with Gasteiger partial charge >= 0.3 is 0 Å². The molecule has 126 valence electrons. The number of hydrogen-bond acceptors (Lipinski definition) is 2. The summed E-state index contributed by atoms with van der Waals surface area (Å²) >= 11 is 0. The van der Waals surface area contributed by atoms with E-state index in [1.807, 2.05) is 85.8 Å². The van der Waals surface area contributed by atoms with Crippen LogP contribution in [0.25, 0.3) is 0 Å². The van der Waals surface area contributed by atoms with Gasteiger partial charge in [-0.15, -0.1) is 0 Å². The van der Waals surface area contributed by atoms with Gasteiger partial charge in [-0.05, 0) is 42.3 Å². The van der Waals surface area contributed by atoms with Gasteiger partial charge < -0.3 is 10.1 Å². The molecular formula is C22H21NO2. The van der Waals surface area contributed by atoms with Gasteiger partial charge in [-0.3, -0.25) is 4.79 Å². The van der Waals surface area contributed by atoms with Gasteiger partial charge in [0.2, 0.25) is 0 Å². The fourth-order valence-corrected chi connectivity index (χ4v) is 2.80. The quantitative estimate of drug-likeness (QED) is 0.746. The molecule has 0 saturated heterocycles. The monoisotopic (exact) mass is 331 g/mol. The molecule has 1 N–H and O–H groups in total. The van der Waals surface area contributed by atoms with Crippen molar-refractivity contribution < 1.29 is 9.53 Å². The molecule has 3 nitrogen and oxygen atoms in total. The molecule has 0 aliphatic heterocycles. The van der Waals surface area contributed by atoms with Gasteiger partial charge in [-0.25, -0.2) is 0 Å². The number of amides is 1. The van der Waals surface area contributed by atoms with Crippen molar-refractivity contribution in [3.8, 4) is 5.75 Å².